The van der Waals surface area contributed by atoms with Crippen LogP contribution >= 0.6 is 0 Å². The molecule has 0 aromatic heterocycles. The zero-order valence-electron chi connectivity index (χ0n) is 16.4. The summed E-state index contributed by atoms with van der Waals surface area (Å²) >= 11 is 0. The van der Waals surface area contributed by atoms with Gasteiger partial charge in [0.15, 0.2) is 18.5 Å². The number of rotatable bonds is 7. The van der Waals surface area contributed by atoms with Crippen LogP contribution in [0.15, 0.2) is 5.11 Å². The minimum absolute atomic E-state index is 0.0853. The number of nitrogens with zero attached hydrogens (tertiary/aromatic N) is 4. The molecule has 0 aliphatic carbocycles. The Morgan fingerprint density at radius 2 is 1.63 bits per heavy atom. The Morgan fingerprint density at radius 1 is 1.07 bits per heavy atom. The minimum Gasteiger partial charge on any atom is -0.463 e. The molecule has 0 spiro atoms. The molecule has 2 aliphatic heterocycles. The Balaban J connectivity index is 2.41. The van der Waals surface area contributed by atoms with E-state index in [1.165, 1.54) is 0 Å². The van der Waals surface area contributed by atoms with E-state index in [2.05, 4.69) is 10.0 Å². The van der Waals surface area contributed by atoms with E-state index < -0.39 is 67.0 Å². The van der Waals surface area contributed by atoms with Gasteiger partial charge in [0.05, 0.1) is 0 Å². The highest BCUT2D eigenvalue weighted by Crippen LogP contribution is 2.31. The second kappa shape index (κ2) is 10.0. The second-order valence-corrected chi connectivity index (χ2v) is 6.38. The van der Waals surface area contributed by atoms with Crippen molar-refractivity contribution in [1.29, 1.82) is 0 Å². The first-order valence-electron chi connectivity index (χ1n) is 8.84. The Labute approximate surface area is 169 Å². The van der Waals surface area contributed by atoms with Gasteiger partial charge in [-0.25, -0.2) is 4.84 Å². The summed E-state index contributed by atoms with van der Waals surface area (Å²) in [4.78, 5) is 66.2. The third kappa shape index (κ3) is 5.65. The molecule has 14 nitrogen and oxygen atoms in total. The first-order valence-corrected chi connectivity index (χ1v) is 8.84. The largest absolute Gasteiger partial charge is 0.463 e. The fourth-order valence-electron chi connectivity index (χ4n) is 2.93. The lowest BCUT2D eigenvalue weighted by molar-refractivity contribution is -0.319. The maximum absolute atomic E-state index is 11.9. The summed E-state index contributed by atoms with van der Waals surface area (Å²) in [5.74, 6) is -3.56. The zero-order chi connectivity index (χ0) is 22.4. The molecule has 0 aromatic rings. The quantitative estimate of drug-likeness (QED) is 0.132. The summed E-state index contributed by atoms with van der Waals surface area (Å²) < 4.78 is 20.9. The van der Waals surface area contributed by atoms with Crippen molar-refractivity contribution in [2.75, 3.05) is 6.61 Å². The summed E-state index contributed by atoms with van der Waals surface area (Å²) in [6.45, 7) is 2.83. The van der Waals surface area contributed by atoms with Crippen molar-refractivity contribution in [3.8, 4) is 0 Å². The number of ether oxygens (including phenoxy) is 4. The molecule has 0 N–H and O–H groups in total. The van der Waals surface area contributed by atoms with Gasteiger partial charge in [-0.2, -0.15) is 5.06 Å². The lowest BCUT2D eigenvalue weighted by atomic mass is 9.97. The maximum atomic E-state index is 11.9. The molecule has 2 saturated heterocycles. The number of carbonyl (C=O) groups excluding carboxylic acids is 5. The van der Waals surface area contributed by atoms with Crippen LogP contribution in [-0.2, 0) is 47.8 Å². The fourth-order valence-corrected chi connectivity index (χ4v) is 2.93. The Kier molecular flexibility index (Phi) is 7.69. The summed E-state index contributed by atoms with van der Waals surface area (Å²) in [7, 11) is 0. The Bertz CT molecular complexity index is 764. The number of imide groups is 1. The molecule has 0 radical (unpaired) electrons. The molecule has 2 amide bonds. The van der Waals surface area contributed by atoms with E-state index in [0.29, 0.717) is 5.06 Å². The highest BCUT2D eigenvalue weighted by Gasteiger charge is 2.52. The first kappa shape index (κ1) is 23.1. The van der Waals surface area contributed by atoms with E-state index in [1.54, 1.807) is 0 Å². The van der Waals surface area contributed by atoms with Crippen LogP contribution in [0.2, 0.25) is 0 Å². The molecular weight excluding hydrogens is 408 g/mol. The average molecular weight is 428 g/mol. The normalized spacial score (nSPS) is 28.5. The van der Waals surface area contributed by atoms with Crippen LogP contribution in [0.4, 0.5) is 0 Å². The standard InChI is InChI=1S/C16H20N4O10/c1-7(21)26-6-10-14(27-8(2)22)15(28-9(3)23)13(18-19-17)16(29-10)30-20-11(24)4-5-12(20)25/h10,13-16H,4-6H2,1-3H3/t10?,13?,14-,15+,16-/m0/s1. The van der Waals surface area contributed by atoms with Crippen LogP contribution in [0.3, 0.4) is 0 Å². The third-order valence-corrected chi connectivity index (χ3v) is 4.07. The topological polar surface area (TPSA) is 184 Å². The summed E-state index contributed by atoms with van der Waals surface area (Å²) in [5, 5.41) is 3.95. The van der Waals surface area contributed by atoms with Crippen molar-refractivity contribution in [2.45, 2.75) is 64.3 Å². The van der Waals surface area contributed by atoms with Gasteiger partial charge in [-0.3, -0.25) is 24.0 Å². The molecule has 0 aromatic carbocycles. The fraction of sp³-hybridized carbons (Fsp3) is 0.688. The predicted octanol–water partition coefficient (Wildman–Crippen LogP) is -0.103. The van der Waals surface area contributed by atoms with Gasteiger partial charge >= 0.3 is 17.9 Å². The van der Waals surface area contributed by atoms with Crippen LogP contribution in [0.25, 0.3) is 10.4 Å². The van der Waals surface area contributed by atoms with Crippen LogP contribution in [0.5, 0.6) is 0 Å². The van der Waals surface area contributed by atoms with Crippen molar-refractivity contribution >= 4 is 29.7 Å². The number of esters is 3. The van der Waals surface area contributed by atoms with Crippen molar-refractivity contribution in [2.24, 2.45) is 5.11 Å². The lowest BCUT2D eigenvalue weighted by Crippen LogP contribution is -2.62. The first-order chi connectivity index (χ1) is 14.1. The molecule has 14 heteroatoms. The molecular formula is C16H20N4O10. The highest BCUT2D eigenvalue weighted by atomic mass is 16.8. The molecule has 2 fully saturated rings. The number of hydrogen-bond acceptors (Lipinski definition) is 11. The Morgan fingerprint density at radius 3 is 2.13 bits per heavy atom. The molecule has 2 aliphatic rings. The van der Waals surface area contributed by atoms with E-state index in [4.69, 9.17) is 29.3 Å². The number of amides is 2. The number of hydrogen-bond donors (Lipinski definition) is 0. The number of hydroxylamine groups is 2. The molecule has 0 saturated carbocycles. The summed E-state index contributed by atoms with van der Waals surface area (Å²) in [6, 6.07) is -1.45. The molecule has 30 heavy (non-hydrogen) atoms. The van der Waals surface area contributed by atoms with Crippen molar-refractivity contribution in [3.63, 3.8) is 0 Å². The van der Waals surface area contributed by atoms with Crippen LogP contribution < -0.4 is 0 Å². The second-order valence-electron chi connectivity index (χ2n) is 6.38. The number of carbonyl (C=O) groups is 5. The lowest BCUT2D eigenvalue weighted by Gasteiger charge is -2.43. The Hall–Kier alpha value is -3.22. The van der Waals surface area contributed by atoms with Crippen molar-refractivity contribution in [3.05, 3.63) is 10.4 Å². The van der Waals surface area contributed by atoms with E-state index in [9.17, 15) is 24.0 Å². The van der Waals surface area contributed by atoms with E-state index >= 15 is 0 Å². The SMILES string of the molecule is CC(=O)OCC1O[C@@H](ON2C(=O)CCC2=O)C(N=[N+]=[N-])[C@@H](OC(C)=O)[C@H]1OC(C)=O. The monoisotopic (exact) mass is 428 g/mol. The van der Waals surface area contributed by atoms with E-state index in [-0.39, 0.29) is 12.8 Å². The van der Waals surface area contributed by atoms with E-state index in [0.717, 1.165) is 20.8 Å². The van der Waals surface area contributed by atoms with Gasteiger partial charge < -0.3 is 18.9 Å². The molecule has 2 heterocycles. The minimum atomic E-state index is -1.59. The maximum Gasteiger partial charge on any atom is 0.303 e. The van der Waals surface area contributed by atoms with Crippen LogP contribution in [0, 0.1) is 0 Å². The molecule has 164 valence electrons. The van der Waals surface area contributed by atoms with Crippen LogP contribution in [-0.4, -0.2) is 72.0 Å². The van der Waals surface area contributed by atoms with Gasteiger partial charge in [0, 0.05) is 38.5 Å². The van der Waals surface area contributed by atoms with Gasteiger partial charge in [0.25, 0.3) is 11.8 Å². The summed E-state index contributed by atoms with van der Waals surface area (Å²) in [5.41, 5.74) is 8.95. The van der Waals surface area contributed by atoms with Gasteiger partial charge in [0.2, 0.25) is 0 Å². The highest BCUT2D eigenvalue weighted by molar-refractivity contribution is 6.00. The smallest absolute Gasteiger partial charge is 0.303 e. The van der Waals surface area contributed by atoms with E-state index in [1.807, 2.05) is 0 Å². The number of azide groups is 1. The van der Waals surface area contributed by atoms with Gasteiger partial charge in [-0.1, -0.05) is 5.11 Å². The zero-order valence-corrected chi connectivity index (χ0v) is 16.4. The predicted molar refractivity (Wildman–Crippen MR) is 91.5 cm³/mol. The molecule has 2 unspecified atom stereocenters. The van der Waals surface area contributed by atoms with Gasteiger partial charge in [-0.05, 0) is 5.53 Å². The van der Waals surface area contributed by atoms with Crippen molar-refractivity contribution < 1.29 is 47.8 Å². The molecule has 5 atom stereocenters. The van der Waals surface area contributed by atoms with Gasteiger partial charge in [0.1, 0.15) is 18.8 Å². The third-order valence-electron chi connectivity index (χ3n) is 4.07. The van der Waals surface area contributed by atoms with Crippen LogP contribution in [0.1, 0.15) is 33.6 Å². The van der Waals surface area contributed by atoms with Gasteiger partial charge in [-0.15, -0.1) is 0 Å². The van der Waals surface area contributed by atoms with Crippen molar-refractivity contribution in [1.82, 2.24) is 5.06 Å². The molecule has 0 bridgehead atoms. The average Bonchev–Trinajstić information content (AvgIpc) is 2.96. The molecule has 2 rings (SSSR count). The summed E-state index contributed by atoms with van der Waals surface area (Å²) in [6.07, 6.45) is -5.76.